The summed E-state index contributed by atoms with van der Waals surface area (Å²) in [6.45, 7) is 8.79. The van der Waals surface area contributed by atoms with Gasteiger partial charge in [-0.3, -0.25) is 9.59 Å². The zero-order valence-electron chi connectivity index (χ0n) is 27.0. The lowest BCUT2D eigenvalue weighted by Crippen LogP contribution is -2.28. The number of anilines is 2. The van der Waals surface area contributed by atoms with E-state index in [0.717, 1.165) is 0 Å². The van der Waals surface area contributed by atoms with Gasteiger partial charge in [-0.2, -0.15) is 15.3 Å². The predicted molar refractivity (Wildman–Crippen MR) is 174 cm³/mol. The summed E-state index contributed by atoms with van der Waals surface area (Å²) in [7, 11) is 2.94. The molecule has 3 N–H and O–H groups in total. The lowest BCUT2D eigenvalue weighted by Gasteiger charge is -2.24. The molecule has 0 fully saturated rings. The Balaban J connectivity index is 1.90. The minimum Gasteiger partial charge on any atom is -0.479 e. The second kappa shape index (κ2) is 13.9. The lowest BCUT2D eigenvalue weighted by molar-refractivity contribution is -0.152. The van der Waals surface area contributed by atoms with Gasteiger partial charge in [0.2, 0.25) is 11.8 Å². The van der Waals surface area contributed by atoms with Crippen LogP contribution in [-0.4, -0.2) is 60.6 Å². The highest BCUT2D eigenvalue weighted by molar-refractivity contribution is 6.30. The Labute approximate surface area is 275 Å². The molecule has 1 atom stereocenters. The molecule has 4 rings (SSSR count). The number of ether oxygens (including phenoxy) is 2. The summed E-state index contributed by atoms with van der Waals surface area (Å²) in [6.07, 6.45) is 2.86. The van der Waals surface area contributed by atoms with Crippen molar-refractivity contribution in [2.45, 2.75) is 52.2 Å². The molecule has 4 aromatic rings. The Bertz CT molecular complexity index is 1900. The molecule has 0 spiro atoms. The summed E-state index contributed by atoms with van der Waals surface area (Å²) in [5.74, 6) is -2.04. The number of halogens is 1. The van der Waals surface area contributed by atoms with Gasteiger partial charge in [-0.1, -0.05) is 37.6 Å². The standard InChI is InChI=1S/C32H35ClN8O6/c1-17(2)27-24(25(19-10-8-18(13-34)9-11-19)37-21-12-20(33)16-40(6)29(21)43)26(30(44)45)39-41(27)22-14-35-31(38-28(22)46-7)36-15-23(42)47-32(3,4)5/h8-12,14,16-17,25,37H,15H2,1-7H3,(H,44,45)(H,35,36,38). The molecule has 0 saturated carbocycles. The highest BCUT2D eigenvalue weighted by Gasteiger charge is 2.33. The van der Waals surface area contributed by atoms with Crippen molar-refractivity contribution in [3.05, 3.63) is 86.2 Å². The average molecular weight is 663 g/mol. The quantitative estimate of drug-likeness (QED) is 0.189. The molecule has 0 saturated heterocycles. The van der Waals surface area contributed by atoms with Crippen LogP contribution in [0.1, 0.15) is 79.5 Å². The zero-order chi connectivity index (χ0) is 34.6. The van der Waals surface area contributed by atoms with Crippen LogP contribution in [-0.2, 0) is 16.6 Å². The van der Waals surface area contributed by atoms with Gasteiger partial charge in [0.05, 0.1) is 41.7 Å². The van der Waals surface area contributed by atoms with Crippen LogP contribution in [0.15, 0.2) is 47.5 Å². The van der Waals surface area contributed by atoms with Crippen molar-refractivity contribution in [3.63, 3.8) is 0 Å². The van der Waals surface area contributed by atoms with Crippen LogP contribution in [0.3, 0.4) is 0 Å². The van der Waals surface area contributed by atoms with Gasteiger partial charge in [0.25, 0.3) is 5.56 Å². The van der Waals surface area contributed by atoms with Crippen LogP contribution in [0.5, 0.6) is 5.88 Å². The first-order valence-corrected chi connectivity index (χ1v) is 14.9. The van der Waals surface area contributed by atoms with Crippen molar-refractivity contribution >= 4 is 35.2 Å². The van der Waals surface area contributed by atoms with Crippen LogP contribution in [0, 0.1) is 11.3 Å². The highest BCUT2D eigenvalue weighted by atomic mass is 35.5. The van der Waals surface area contributed by atoms with Crippen LogP contribution >= 0.6 is 11.6 Å². The number of hydrogen-bond donors (Lipinski definition) is 3. The summed E-state index contributed by atoms with van der Waals surface area (Å²) in [5, 5.41) is 30.6. The highest BCUT2D eigenvalue weighted by Crippen LogP contribution is 2.37. The number of rotatable bonds is 11. The number of carbonyl (C=O) groups is 2. The number of nitrogens with zero attached hydrogens (tertiary/aromatic N) is 6. The number of methoxy groups -OCH3 is 1. The Hall–Kier alpha value is -5.42. The summed E-state index contributed by atoms with van der Waals surface area (Å²) < 4.78 is 13.6. The smallest absolute Gasteiger partial charge is 0.356 e. The maximum Gasteiger partial charge on any atom is 0.356 e. The van der Waals surface area contributed by atoms with E-state index >= 15 is 0 Å². The minimum atomic E-state index is -1.32. The number of aromatic carboxylic acids is 1. The number of benzene rings is 1. The van der Waals surface area contributed by atoms with Crippen LogP contribution in [0.25, 0.3) is 5.69 Å². The van der Waals surface area contributed by atoms with Crippen LogP contribution in [0.2, 0.25) is 5.02 Å². The Kier molecular flexibility index (Phi) is 10.2. The van der Waals surface area contributed by atoms with E-state index in [2.05, 4.69) is 31.8 Å². The Morgan fingerprint density at radius 2 is 1.87 bits per heavy atom. The molecular weight excluding hydrogens is 628 g/mol. The fourth-order valence-corrected chi connectivity index (χ4v) is 5.15. The van der Waals surface area contributed by atoms with Crippen LogP contribution < -0.4 is 20.9 Å². The second-order valence-corrected chi connectivity index (χ2v) is 12.3. The van der Waals surface area contributed by atoms with Crippen molar-refractivity contribution in [3.8, 4) is 17.6 Å². The molecule has 0 radical (unpaired) electrons. The molecule has 3 heterocycles. The summed E-state index contributed by atoms with van der Waals surface area (Å²) >= 11 is 6.29. The zero-order valence-corrected chi connectivity index (χ0v) is 27.7. The summed E-state index contributed by atoms with van der Waals surface area (Å²) in [5.41, 5.74) is 0.647. The SMILES string of the molecule is COc1nc(NCC(=O)OC(C)(C)C)ncc1-n1nc(C(=O)O)c(C(Nc2cc(Cl)cn(C)c2=O)c2ccc(C#N)cc2)c1C(C)C. The van der Waals surface area contributed by atoms with Crippen molar-refractivity contribution in [1.82, 2.24) is 24.3 Å². The molecule has 0 bridgehead atoms. The molecule has 15 heteroatoms. The number of pyridine rings is 1. The predicted octanol–water partition coefficient (Wildman–Crippen LogP) is 4.67. The van der Waals surface area contributed by atoms with E-state index in [4.69, 9.17) is 21.1 Å². The molecule has 1 unspecified atom stereocenters. The normalized spacial score (nSPS) is 11.9. The third-order valence-electron chi connectivity index (χ3n) is 6.79. The molecule has 0 aliphatic carbocycles. The monoisotopic (exact) mass is 662 g/mol. The van der Waals surface area contributed by atoms with E-state index in [-0.39, 0.29) is 51.9 Å². The number of aromatic nitrogens is 5. The minimum absolute atomic E-state index is 0.0474. The average Bonchev–Trinajstić information content (AvgIpc) is 3.41. The second-order valence-electron chi connectivity index (χ2n) is 11.8. The summed E-state index contributed by atoms with van der Waals surface area (Å²) in [4.78, 5) is 46.9. The molecule has 3 aromatic heterocycles. The van der Waals surface area contributed by atoms with Gasteiger partial charge in [-0.25, -0.2) is 14.5 Å². The van der Waals surface area contributed by atoms with E-state index in [9.17, 15) is 24.8 Å². The van der Waals surface area contributed by atoms with Gasteiger partial charge in [0.15, 0.2) is 5.69 Å². The fraction of sp³-hybridized carbons (Fsp3) is 0.344. The number of esters is 1. The van der Waals surface area contributed by atoms with Crippen molar-refractivity contribution < 1.29 is 24.2 Å². The van der Waals surface area contributed by atoms with Gasteiger partial charge >= 0.3 is 11.9 Å². The molecule has 47 heavy (non-hydrogen) atoms. The number of carboxylic acids is 1. The lowest BCUT2D eigenvalue weighted by atomic mass is 9.91. The van der Waals surface area contributed by atoms with E-state index < -0.39 is 29.1 Å². The summed E-state index contributed by atoms with van der Waals surface area (Å²) in [6, 6.07) is 9.14. The maximum absolute atomic E-state index is 13.2. The van der Waals surface area contributed by atoms with E-state index in [1.807, 2.05) is 13.8 Å². The number of carbonyl (C=O) groups excluding carboxylic acids is 1. The number of hydrogen-bond acceptors (Lipinski definition) is 11. The first-order chi connectivity index (χ1) is 22.1. The molecule has 0 amide bonds. The molecule has 14 nitrogen and oxygen atoms in total. The third-order valence-corrected chi connectivity index (χ3v) is 7.00. The fourth-order valence-electron chi connectivity index (χ4n) is 4.90. The number of nitriles is 1. The Morgan fingerprint density at radius 3 is 2.45 bits per heavy atom. The van der Waals surface area contributed by atoms with E-state index in [0.29, 0.717) is 16.8 Å². The van der Waals surface area contributed by atoms with Gasteiger partial charge < -0.3 is 29.8 Å². The van der Waals surface area contributed by atoms with E-state index in [1.54, 1.807) is 52.1 Å². The molecule has 1 aromatic carbocycles. The van der Waals surface area contributed by atoms with E-state index in [1.165, 1.54) is 34.8 Å². The largest absolute Gasteiger partial charge is 0.479 e. The molecule has 0 aliphatic heterocycles. The van der Waals surface area contributed by atoms with Crippen molar-refractivity contribution in [2.24, 2.45) is 7.05 Å². The maximum atomic E-state index is 13.2. The first kappa shape index (κ1) is 34.5. The van der Waals surface area contributed by atoms with Gasteiger partial charge in [0, 0.05) is 18.8 Å². The van der Waals surface area contributed by atoms with Crippen LogP contribution in [0.4, 0.5) is 11.6 Å². The van der Waals surface area contributed by atoms with Gasteiger partial charge in [-0.05, 0) is 50.5 Å². The Morgan fingerprint density at radius 1 is 1.19 bits per heavy atom. The number of nitrogens with one attached hydrogen (secondary N) is 2. The van der Waals surface area contributed by atoms with Gasteiger partial charge in [-0.15, -0.1) is 0 Å². The van der Waals surface area contributed by atoms with Crippen molar-refractivity contribution in [2.75, 3.05) is 24.3 Å². The topological polar surface area (TPSA) is 186 Å². The molecule has 246 valence electrons. The van der Waals surface area contributed by atoms with Crippen molar-refractivity contribution in [1.29, 1.82) is 5.26 Å². The molecule has 0 aliphatic rings. The molecular formula is C32H35ClN8O6. The third kappa shape index (κ3) is 7.87. The number of aryl methyl sites for hydroxylation is 1. The number of carboxylic acid groups (broad SMARTS) is 1. The first-order valence-electron chi connectivity index (χ1n) is 14.5. The van der Waals surface area contributed by atoms with Gasteiger partial charge in [0.1, 0.15) is 23.5 Å².